The molecule has 15 heteroatoms. The molecule has 0 aromatic heterocycles. The minimum absolute atomic E-state index is 0.0498. The highest BCUT2D eigenvalue weighted by Gasteiger charge is 2.35. The lowest BCUT2D eigenvalue weighted by molar-refractivity contribution is -0.140. The molecule has 2 rings (SSSR count). The molecule has 0 saturated carbocycles. The molecule has 2 amide bonds. The van der Waals surface area contributed by atoms with Gasteiger partial charge >= 0.3 is 12.4 Å². The van der Waals surface area contributed by atoms with Crippen LogP contribution >= 0.6 is 0 Å². The zero-order valence-electron chi connectivity index (χ0n) is 18.7. The zero-order valence-corrected chi connectivity index (χ0v) is 18.7. The predicted octanol–water partition coefficient (Wildman–Crippen LogP) is 3.44. The molecular formula is C22H20F8N2O5. The molecule has 0 saturated heterocycles. The third kappa shape index (κ3) is 9.74. The second-order valence-electron chi connectivity index (χ2n) is 7.45. The van der Waals surface area contributed by atoms with E-state index < -0.39 is 66.2 Å². The van der Waals surface area contributed by atoms with Gasteiger partial charge in [0.05, 0.1) is 17.2 Å². The number of halogens is 8. The summed E-state index contributed by atoms with van der Waals surface area (Å²) in [6, 6.07) is 3.65. The first-order valence-corrected chi connectivity index (χ1v) is 10.4. The molecule has 0 spiro atoms. The van der Waals surface area contributed by atoms with Crippen LogP contribution in [0.15, 0.2) is 36.4 Å². The van der Waals surface area contributed by atoms with Gasteiger partial charge in [-0.3, -0.25) is 9.59 Å². The van der Waals surface area contributed by atoms with Gasteiger partial charge in [0.1, 0.15) is 23.1 Å². The third-order valence-electron chi connectivity index (χ3n) is 4.56. The fraction of sp³-hybridized carbons (Fsp3) is 0.364. The van der Waals surface area contributed by atoms with Gasteiger partial charge < -0.3 is 25.2 Å². The van der Waals surface area contributed by atoms with Crippen molar-refractivity contribution in [3.63, 3.8) is 0 Å². The van der Waals surface area contributed by atoms with Gasteiger partial charge in [0.2, 0.25) is 0 Å². The van der Waals surface area contributed by atoms with Crippen molar-refractivity contribution in [3.8, 4) is 11.5 Å². The van der Waals surface area contributed by atoms with E-state index >= 15 is 0 Å². The number of aliphatic hydroxyl groups excluding tert-OH is 1. The summed E-state index contributed by atoms with van der Waals surface area (Å²) in [6.07, 6.45) is -11.0. The first-order valence-electron chi connectivity index (χ1n) is 10.4. The SMILES string of the molecule is O=C(COc1ccc(F)c(C(F)(F)F)c1)NCC[C@H](O)CNC(=O)COc1ccc(C(F)(F)F)c(F)c1. The normalized spacial score (nSPS) is 12.6. The molecule has 0 heterocycles. The number of alkyl halides is 6. The second kappa shape index (κ2) is 12.6. The van der Waals surface area contributed by atoms with Gasteiger partial charge in [-0.05, 0) is 36.8 Å². The summed E-state index contributed by atoms with van der Waals surface area (Å²) < 4.78 is 112. The third-order valence-corrected chi connectivity index (χ3v) is 4.56. The topological polar surface area (TPSA) is 96.9 Å². The van der Waals surface area contributed by atoms with Gasteiger partial charge in [0.15, 0.2) is 13.2 Å². The Kier molecular flexibility index (Phi) is 10.1. The van der Waals surface area contributed by atoms with Gasteiger partial charge in [-0.25, -0.2) is 8.78 Å². The molecule has 2 aromatic rings. The second-order valence-corrected chi connectivity index (χ2v) is 7.45. The average molecular weight is 544 g/mol. The Morgan fingerprint density at radius 2 is 1.32 bits per heavy atom. The molecule has 7 nitrogen and oxygen atoms in total. The number of ether oxygens (including phenoxy) is 2. The van der Waals surface area contributed by atoms with E-state index in [2.05, 4.69) is 10.6 Å². The zero-order chi connectivity index (χ0) is 27.8. The highest BCUT2D eigenvalue weighted by Crippen LogP contribution is 2.34. The predicted molar refractivity (Wildman–Crippen MR) is 110 cm³/mol. The first kappa shape index (κ1) is 29.6. The van der Waals surface area contributed by atoms with Crippen LogP contribution in [0, 0.1) is 11.6 Å². The molecular weight excluding hydrogens is 524 g/mol. The van der Waals surface area contributed by atoms with E-state index in [9.17, 15) is 49.8 Å². The van der Waals surface area contributed by atoms with Crippen LogP contribution in [0.4, 0.5) is 35.1 Å². The number of rotatable bonds is 11. The Bertz CT molecular complexity index is 1090. The van der Waals surface area contributed by atoms with Crippen molar-refractivity contribution in [2.75, 3.05) is 26.3 Å². The molecule has 0 aliphatic rings. The summed E-state index contributed by atoms with van der Waals surface area (Å²) in [5.74, 6) is -5.28. The monoisotopic (exact) mass is 544 g/mol. The van der Waals surface area contributed by atoms with Gasteiger partial charge in [0.25, 0.3) is 11.8 Å². The molecule has 0 radical (unpaired) electrons. The van der Waals surface area contributed by atoms with Gasteiger partial charge in [-0.15, -0.1) is 0 Å². The minimum Gasteiger partial charge on any atom is -0.484 e. The van der Waals surface area contributed by atoms with Crippen molar-refractivity contribution in [2.45, 2.75) is 24.9 Å². The van der Waals surface area contributed by atoms with E-state index in [1.807, 2.05) is 0 Å². The maximum absolute atomic E-state index is 13.5. The Hall–Kier alpha value is -3.62. The van der Waals surface area contributed by atoms with E-state index in [1.54, 1.807) is 0 Å². The Morgan fingerprint density at radius 1 is 0.784 bits per heavy atom. The molecule has 0 aliphatic heterocycles. The molecule has 3 N–H and O–H groups in total. The van der Waals surface area contributed by atoms with Gasteiger partial charge in [-0.2, -0.15) is 26.3 Å². The van der Waals surface area contributed by atoms with E-state index in [4.69, 9.17) is 9.47 Å². The van der Waals surface area contributed by atoms with E-state index in [0.717, 1.165) is 12.1 Å². The fourth-order valence-electron chi connectivity index (χ4n) is 2.74. The quantitative estimate of drug-likeness (QED) is 0.377. The summed E-state index contributed by atoms with van der Waals surface area (Å²) in [5.41, 5.74) is -3.04. The van der Waals surface area contributed by atoms with Crippen LogP contribution in [0.25, 0.3) is 0 Å². The van der Waals surface area contributed by atoms with E-state index in [0.29, 0.717) is 24.3 Å². The summed E-state index contributed by atoms with van der Waals surface area (Å²) in [4.78, 5) is 23.5. The molecule has 204 valence electrons. The average Bonchev–Trinajstić information content (AvgIpc) is 2.79. The van der Waals surface area contributed by atoms with Crippen LogP contribution in [0.2, 0.25) is 0 Å². The Morgan fingerprint density at radius 3 is 1.89 bits per heavy atom. The lowest BCUT2D eigenvalue weighted by Crippen LogP contribution is -2.37. The van der Waals surface area contributed by atoms with Crippen molar-refractivity contribution in [1.82, 2.24) is 10.6 Å². The van der Waals surface area contributed by atoms with Crippen LogP contribution < -0.4 is 20.1 Å². The highest BCUT2D eigenvalue weighted by atomic mass is 19.4. The van der Waals surface area contributed by atoms with Crippen molar-refractivity contribution < 1.29 is 59.3 Å². The van der Waals surface area contributed by atoms with Crippen LogP contribution in [-0.4, -0.2) is 49.3 Å². The standard InChI is InChI=1S/C22H20F8N2O5/c23-17-4-2-13(7-16(17)22(28,29)30)36-10-19(34)31-6-5-12(33)9-32-20(35)11-37-14-1-3-15(18(24)8-14)21(25,26)27/h1-4,7-8,12,33H,5-6,9-11H2,(H,31,34)(H,32,35)/t12-/m0/s1. The van der Waals surface area contributed by atoms with E-state index in [1.165, 1.54) is 0 Å². The van der Waals surface area contributed by atoms with Crippen LogP contribution in [0.5, 0.6) is 11.5 Å². The van der Waals surface area contributed by atoms with Gasteiger partial charge in [0, 0.05) is 19.2 Å². The Labute approximate surface area is 204 Å². The van der Waals surface area contributed by atoms with Gasteiger partial charge in [-0.1, -0.05) is 0 Å². The summed E-state index contributed by atoms with van der Waals surface area (Å²) >= 11 is 0. The molecule has 0 aliphatic carbocycles. The number of benzene rings is 2. The fourth-order valence-corrected chi connectivity index (χ4v) is 2.74. The maximum Gasteiger partial charge on any atom is 0.419 e. The lowest BCUT2D eigenvalue weighted by Gasteiger charge is -2.14. The molecule has 37 heavy (non-hydrogen) atoms. The van der Waals surface area contributed by atoms with Crippen LogP contribution in [0.1, 0.15) is 17.5 Å². The number of aliphatic hydroxyl groups is 1. The molecule has 0 fully saturated rings. The van der Waals surface area contributed by atoms with Crippen molar-refractivity contribution in [3.05, 3.63) is 59.2 Å². The largest absolute Gasteiger partial charge is 0.484 e. The van der Waals surface area contributed by atoms with Crippen molar-refractivity contribution in [2.24, 2.45) is 0 Å². The number of hydrogen-bond acceptors (Lipinski definition) is 5. The van der Waals surface area contributed by atoms with E-state index in [-0.39, 0.29) is 31.0 Å². The molecule has 1 atom stereocenters. The lowest BCUT2D eigenvalue weighted by atomic mass is 10.2. The van der Waals surface area contributed by atoms with Crippen LogP contribution in [0.3, 0.4) is 0 Å². The summed E-state index contributed by atoms with van der Waals surface area (Å²) in [5, 5.41) is 14.4. The smallest absolute Gasteiger partial charge is 0.419 e. The number of amides is 2. The summed E-state index contributed by atoms with van der Waals surface area (Å²) in [7, 11) is 0. The maximum atomic E-state index is 13.5. The molecule has 0 bridgehead atoms. The Balaban J connectivity index is 1.65. The highest BCUT2D eigenvalue weighted by molar-refractivity contribution is 5.78. The number of carbonyl (C=O) groups excluding carboxylic acids is 2. The molecule has 0 unspecified atom stereocenters. The first-order chi connectivity index (χ1) is 17.2. The minimum atomic E-state index is -4.94. The number of hydrogen-bond donors (Lipinski definition) is 3. The molecule has 2 aromatic carbocycles. The van der Waals surface area contributed by atoms with Crippen LogP contribution in [-0.2, 0) is 21.9 Å². The number of nitrogens with one attached hydrogen (secondary N) is 2. The summed E-state index contributed by atoms with van der Waals surface area (Å²) in [6.45, 7) is -1.74. The van der Waals surface area contributed by atoms with Crippen molar-refractivity contribution in [1.29, 1.82) is 0 Å². The van der Waals surface area contributed by atoms with Crippen molar-refractivity contribution >= 4 is 11.8 Å². The number of carbonyl (C=O) groups is 2.